The number of carbonyl (C=O) groups is 1. The zero-order valence-corrected chi connectivity index (χ0v) is 24.3. The second kappa shape index (κ2) is 12.3. The first-order valence-electron chi connectivity index (χ1n) is 14.6. The molecule has 10 nitrogen and oxygen atoms in total. The summed E-state index contributed by atoms with van der Waals surface area (Å²) < 4.78 is 7.87. The van der Waals surface area contributed by atoms with Gasteiger partial charge >= 0.3 is 0 Å². The molecule has 4 aromatic rings. The molecule has 0 unspecified atom stereocenters. The molecular weight excluding hydrogens is 528 g/mol. The number of fused-ring (bicyclic) bond motifs is 1. The molecule has 0 saturated carbocycles. The van der Waals surface area contributed by atoms with Gasteiger partial charge in [-0.2, -0.15) is 5.10 Å². The van der Waals surface area contributed by atoms with Crippen molar-refractivity contribution in [1.82, 2.24) is 34.4 Å². The number of amides is 1. The van der Waals surface area contributed by atoms with Crippen molar-refractivity contribution in [3.05, 3.63) is 73.1 Å². The molecule has 2 saturated heterocycles. The van der Waals surface area contributed by atoms with Crippen LogP contribution < -0.4 is 10.5 Å². The number of hydrogen-bond acceptors (Lipinski definition) is 8. The SMILES string of the molecule is CN1CCC(N(C)CC=CC(=O)N2CC[C@@H](n3nc(-c4ccc(Oc5ccccc5)cc4)c4c(N)ncnc43)C2)CC1. The van der Waals surface area contributed by atoms with Crippen LogP contribution in [0.5, 0.6) is 11.5 Å². The first-order valence-corrected chi connectivity index (χ1v) is 14.6. The largest absolute Gasteiger partial charge is 0.457 e. The number of nitrogens with zero attached hydrogens (tertiary/aromatic N) is 7. The third kappa shape index (κ3) is 6.00. The Bertz CT molecular complexity index is 1540. The van der Waals surface area contributed by atoms with Crippen LogP contribution in [-0.4, -0.2) is 93.2 Å². The molecule has 0 bridgehead atoms. The summed E-state index contributed by atoms with van der Waals surface area (Å²) in [7, 11) is 4.32. The number of piperidine rings is 1. The summed E-state index contributed by atoms with van der Waals surface area (Å²) in [5.41, 5.74) is 8.63. The predicted molar refractivity (Wildman–Crippen MR) is 164 cm³/mol. The minimum Gasteiger partial charge on any atom is -0.457 e. The average molecular weight is 567 g/mol. The van der Waals surface area contributed by atoms with Gasteiger partial charge in [-0.05, 0) is 82.8 Å². The van der Waals surface area contributed by atoms with Crippen molar-refractivity contribution in [1.29, 1.82) is 0 Å². The van der Waals surface area contributed by atoms with Crippen LogP contribution in [0.3, 0.4) is 0 Å². The molecule has 2 aromatic carbocycles. The molecule has 2 N–H and O–H groups in total. The van der Waals surface area contributed by atoms with Crippen molar-refractivity contribution in [2.75, 3.05) is 52.6 Å². The third-order valence-electron chi connectivity index (χ3n) is 8.41. The molecule has 42 heavy (non-hydrogen) atoms. The lowest BCUT2D eigenvalue weighted by atomic mass is 10.0. The Labute approximate surface area is 246 Å². The van der Waals surface area contributed by atoms with E-state index in [4.69, 9.17) is 15.6 Å². The minimum atomic E-state index is -0.00418. The van der Waals surface area contributed by atoms with Gasteiger partial charge in [0.1, 0.15) is 29.3 Å². The molecule has 2 aromatic heterocycles. The van der Waals surface area contributed by atoms with E-state index >= 15 is 0 Å². The normalized spacial score (nSPS) is 18.5. The van der Waals surface area contributed by atoms with Gasteiger partial charge < -0.3 is 20.3 Å². The molecule has 1 amide bonds. The number of nitrogens with two attached hydrogens (primary N) is 1. The van der Waals surface area contributed by atoms with Gasteiger partial charge in [0.05, 0.1) is 11.4 Å². The van der Waals surface area contributed by atoms with Crippen LogP contribution in [-0.2, 0) is 4.79 Å². The Kier molecular flexibility index (Phi) is 8.16. The van der Waals surface area contributed by atoms with Gasteiger partial charge in [0, 0.05) is 37.3 Å². The Balaban J connectivity index is 1.14. The number of carbonyl (C=O) groups excluding carboxylic acids is 1. The summed E-state index contributed by atoms with van der Waals surface area (Å²) in [6, 6.07) is 18.0. The Morgan fingerprint density at radius 3 is 2.52 bits per heavy atom. The fourth-order valence-electron chi connectivity index (χ4n) is 5.91. The van der Waals surface area contributed by atoms with E-state index in [2.05, 4.69) is 33.9 Å². The molecule has 1 atom stereocenters. The van der Waals surface area contributed by atoms with Crippen LogP contribution in [0.2, 0.25) is 0 Å². The second-order valence-electron chi connectivity index (χ2n) is 11.3. The first-order chi connectivity index (χ1) is 20.5. The maximum Gasteiger partial charge on any atom is 0.246 e. The standard InChI is InChI=1S/C32H38N8O2/c1-37-18-14-24(15-19-37)38(2)17-6-9-28(41)39-20-16-25(21-39)40-32-29(31(33)34-22-35-32)30(36-40)23-10-12-27(13-11-23)42-26-7-4-3-5-8-26/h3-13,22,24-25H,14-21H2,1-2H3,(H2,33,34,35)/t25-/m1/s1. The smallest absolute Gasteiger partial charge is 0.246 e. The van der Waals surface area contributed by atoms with Gasteiger partial charge in [-0.15, -0.1) is 0 Å². The van der Waals surface area contributed by atoms with Gasteiger partial charge in [-0.3, -0.25) is 9.69 Å². The average Bonchev–Trinajstić information content (AvgIpc) is 3.65. The van der Waals surface area contributed by atoms with E-state index in [9.17, 15) is 4.79 Å². The molecule has 6 rings (SSSR count). The highest BCUT2D eigenvalue weighted by Crippen LogP contribution is 2.35. The van der Waals surface area contributed by atoms with Crippen LogP contribution in [0.4, 0.5) is 5.82 Å². The molecule has 2 aliphatic rings. The maximum absolute atomic E-state index is 13.1. The number of likely N-dealkylation sites (tertiary alicyclic amines) is 2. The highest BCUT2D eigenvalue weighted by molar-refractivity contribution is 5.98. The second-order valence-corrected chi connectivity index (χ2v) is 11.3. The van der Waals surface area contributed by atoms with Gasteiger partial charge in [0.2, 0.25) is 5.91 Å². The molecule has 2 aliphatic heterocycles. The summed E-state index contributed by atoms with van der Waals surface area (Å²) in [6.07, 6.45) is 8.31. The predicted octanol–water partition coefficient (Wildman–Crippen LogP) is 4.22. The number of ether oxygens (including phenoxy) is 1. The third-order valence-corrected chi connectivity index (χ3v) is 8.41. The van der Waals surface area contributed by atoms with Crippen LogP contribution in [0.25, 0.3) is 22.3 Å². The quantitative estimate of drug-likeness (QED) is 0.316. The zero-order valence-electron chi connectivity index (χ0n) is 24.3. The highest BCUT2D eigenvalue weighted by atomic mass is 16.5. The van der Waals surface area contributed by atoms with E-state index in [0.29, 0.717) is 30.6 Å². The number of aromatic nitrogens is 4. The number of rotatable bonds is 8. The van der Waals surface area contributed by atoms with Crippen LogP contribution >= 0.6 is 0 Å². The minimum absolute atomic E-state index is 0.00418. The van der Waals surface area contributed by atoms with E-state index in [0.717, 1.165) is 54.2 Å². The fourth-order valence-corrected chi connectivity index (χ4v) is 5.91. The highest BCUT2D eigenvalue weighted by Gasteiger charge is 2.30. The van der Waals surface area contributed by atoms with Crippen molar-refractivity contribution >= 4 is 22.8 Å². The lowest BCUT2D eigenvalue weighted by Crippen LogP contribution is -2.41. The summed E-state index contributed by atoms with van der Waals surface area (Å²) in [5.74, 6) is 1.92. The van der Waals surface area contributed by atoms with E-state index in [-0.39, 0.29) is 11.9 Å². The summed E-state index contributed by atoms with van der Waals surface area (Å²) in [5, 5.41) is 5.70. The topological polar surface area (TPSA) is 106 Å². The van der Waals surface area contributed by atoms with Crippen molar-refractivity contribution < 1.29 is 9.53 Å². The van der Waals surface area contributed by atoms with E-state index in [1.807, 2.05) is 70.3 Å². The van der Waals surface area contributed by atoms with Crippen LogP contribution in [0.1, 0.15) is 25.3 Å². The van der Waals surface area contributed by atoms with Gasteiger partial charge in [-0.1, -0.05) is 24.3 Å². The van der Waals surface area contributed by atoms with Crippen LogP contribution in [0, 0.1) is 0 Å². The van der Waals surface area contributed by atoms with E-state index in [1.165, 1.54) is 19.2 Å². The summed E-state index contributed by atoms with van der Waals surface area (Å²) in [4.78, 5) is 28.5. The molecule has 0 radical (unpaired) electrons. The molecule has 2 fully saturated rings. The maximum atomic E-state index is 13.1. The number of benzene rings is 2. The summed E-state index contributed by atoms with van der Waals surface area (Å²) >= 11 is 0. The van der Waals surface area contributed by atoms with Crippen molar-refractivity contribution in [3.63, 3.8) is 0 Å². The monoisotopic (exact) mass is 566 g/mol. The molecule has 218 valence electrons. The fraction of sp³-hybridized carbons (Fsp3) is 0.375. The first kappa shape index (κ1) is 27.9. The number of hydrogen-bond donors (Lipinski definition) is 1. The molecule has 4 heterocycles. The van der Waals surface area contributed by atoms with Crippen molar-refractivity contribution in [2.45, 2.75) is 31.3 Å². The van der Waals surface area contributed by atoms with Gasteiger partial charge in [0.15, 0.2) is 5.65 Å². The lowest BCUT2D eigenvalue weighted by Gasteiger charge is -2.34. The molecule has 10 heteroatoms. The van der Waals surface area contributed by atoms with Gasteiger partial charge in [-0.25, -0.2) is 14.6 Å². The Morgan fingerprint density at radius 2 is 1.76 bits per heavy atom. The number of nitrogen functional groups attached to an aromatic ring is 1. The number of likely N-dealkylation sites (N-methyl/N-ethyl adjacent to an activating group) is 1. The Morgan fingerprint density at radius 1 is 1.02 bits per heavy atom. The summed E-state index contributed by atoms with van der Waals surface area (Å²) in [6.45, 7) is 4.26. The Hall–Kier alpha value is -4.28. The number of para-hydroxylation sites is 1. The van der Waals surface area contributed by atoms with Crippen molar-refractivity contribution in [3.8, 4) is 22.8 Å². The molecular formula is C32H38N8O2. The molecule has 0 spiro atoms. The van der Waals surface area contributed by atoms with Crippen molar-refractivity contribution in [2.24, 2.45) is 0 Å². The van der Waals surface area contributed by atoms with E-state index in [1.54, 1.807) is 6.08 Å². The zero-order chi connectivity index (χ0) is 29.1. The van der Waals surface area contributed by atoms with E-state index < -0.39 is 0 Å². The molecule has 0 aliphatic carbocycles. The lowest BCUT2D eigenvalue weighted by molar-refractivity contribution is -0.125. The number of anilines is 1. The van der Waals surface area contributed by atoms with Gasteiger partial charge in [0.25, 0.3) is 0 Å². The van der Waals surface area contributed by atoms with Crippen LogP contribution in [0.15, 0.2) is 73.1 Å².